The fourth-order valence-corrected chi connectivity index (χ4v) is 3.50. The Hall–Kier alpha value is -2.84. The van der Waals surface area contributed by atoms with E-state index in [0.29, 0.717) is 30.2 Å². The largest absolute Gasteiger partial charge is 0.496 e. The summed E-state index contributed by atoms with van der Waals surface area (Å²) in [7, 11) is 3.18. The smallest absolute Gasteiger partial charge is 0.351 e. The van der Waals surface area contributed by atoms with Crippen molar-refractivity contribution in [1.29, 1.82) is 0 Å². The second kappa shape index (κ2) is 6.47. The number of β-amino-alcohol motifs (C(OH)–C–C–N with tert-alkyl or cyclic N) is 1. The summed E-state index contributed by atoms with van der Waals surface area (Å²) < 4.78 is 13.7. The molecule has 1 aliphatic rings. The molecule has 8 nitrogen and oxygen atoms in total. The molecule has 2 aromatic heterocycles. The Labute approximate surface area is 149 Å². The summed E-state index contributed by atoms with van der Waals surface area (Å²) in [4.78, 5) is 14.4. The number of aliphatic hydroxyl groups excluding tert-OH is 1. The van der Waals surface area contributed by atoms with Gasteiger partial charge >= 0.3 is 5.69 Å². The molecule has 1 aromatic carbocycles. The van der Waals surface area contributed by atoms with Gasteiger partial charge in [0.05, 0.1) is 27.0 Å². The quantitative estimate of drug-likeness (QED) is 0.752. The van der Waals surface area contributed by atoms with Crippen molar-refractivity contribution in [2.24, 2.45) is 0 Å². The van der Waals surface area contributed by atoms with Crippen LogP contribution >= 0.6 is 0 Å². The molecule has 0 aliphatic carbocycles. The Kier molecular flexibility index (Phi) is 4.14. The number of aromatic nitrogens is 3. The predicted octanol–water partition coefficient (Wildman–Crippen LogP) is 1.02. The highest BCUT2D eigenvalue weighted by molar-refractivity contribution is 5.51. The van der Waals surface area contributed by atoms with Gasteiger partial charge in [-0.2, -0.15) is 4.68 Å². The van der Waals surface area contributed by atoms with Gasteiger partial charge in [0.2, 0.25) is 0 Å². The van der Waals surface area contributed by atoms with Crippen LogP contribution in [0.15, 0.2) is 41.3 Å². The van der Waals surface area contributed by atoms with Crippen LogP contribution in [-0.2, 0) is 13.2 Å². The van der Waals surface area contributed by atoms with Crippen LogP contribution < -0.4 is 15.2 Å². The number of benzene rings is 1. The molecule has 0 saturated heterocycles. The van der Waals surface area contributed by atoms with E-state index in [1.54, 1.807) is 38.6 Å². The SMILES string of the molecule is COc1ccc(OC)c2c1CN(Cn1nc3ccccn3c1=O)C[C@@H]2O. The van der Waals surface area contributed by atoms with Crippen molar-refractivity contribution in [3.63, 3.8) is 0 Å². The van der Waals surface area contributed by atoms with E-state index in [9.17, 15) is 9.90 Å². The summed E-state index contributed by atoms with van der Waals surface area (Å²) >= 11 is 0. The normalized spacial score (nSPS) is 17.3. The number of fused-ring (bicyclic) bond motifs is 2. The van der Waals surface area contributed by atoms with Crippen LogP contribution in [0, 0.1) is 0 Å². The van der Waals surface area contributed by atoms with Gasteiger partial charge in [-0.1, -0.05) is 6.07 Å². The molecule has 8 heteroatoms. The summed E-state index contributed by atoms with van der Waals surface area (Å²) in [6.45, 7) is 1.17. The van der Waals surface area contributed by atoms with Crippen molar-refractivity contribution >= 4 is 5.65 Å². The Morgan fingerprint density at radius 3 is 2.69 bits per heavy atom. The van der Waals surface area contributed by atoms with E-state index in [2.05, 4.69) is 5.10 Å². The summed E-state index contributed by atoms with van der Waals surface area (Å²) in [5, 5.41) is 15.0. The Bertz CT molecular complexity index is 1010. The van der Waals surface area contributed by atoms with Gasteiger partial charge in [-0.3, -0.25) is 9.30 Å². The first-order chi connectivity index (χ1) is 12.6. The van der Waals surface area contributed by atoms with Crippen LogP contribution in [0.4, 0.5) is 0 Å². The Morgan fingerprint density at radius 2 is 1.96 bits per heavy atom. The molecule has 4 rings (SSSR count). The predicted molar refractivity (Wildman–Crippen MR) is 94.4 cm³/mol. The van der Waals surface area contributed by atoms with Crippen LogP contribution in [0.5, 0.6) is 11.5 Å². The lowest BCUT2D eigenvalue weighted by Crippen LogP contribution is -2.38. The van der Waals surface area contributed by atoms with E-state index >= 15 is 0 Å². The van der Waals surface area contributed by atoms with Gasteiger partial charge in [-0.25, -0.2) is 4.79 Å². The first-order valence-corrected chi connectivity index (χ1v) is 8.30. The highest BCUT2D eigenvalue weighted by Gasteiger charge is 2.30. The number of pyridine rings is 1. The summed E-state index contributed by atoms with van der Waals surface area (Å²) in [5.41, 5.74) is 1.99. The van der Waals surface area contributed by atoms with E-state index in [0.717, 1.165) is 11.1 Å². The number of aliphatic hydroxyl groups is 1. The molecule has 1 atom stereocenters. The van der Waals surface area contributed by atoms with Crippen molar-refractivity contribution in [3.8, 4) is 11.5 Å². The summed E-state index contributed by atoms with van der Waals surface area (Å²) in [6, 6.07) is 9.03. The topological polar surface area (TPSA) is 81.2 Å². The highest BCUT2D eigenvalue weighted by atomic mass is 16.5. The van der Waals surface area contributed by atoms with Crippen LogP contribution in [0.3, 0.4) is 0 Å². The maximum atomic E-state index is 12.5. The molecule has 1 N–H and O–H groups in total. The molecular weight excluding hydrogens is 336 g/mol. The zero-order valence-corrected chi connectivity index (χ0v) is 14.6. The fourth-order valence-electron chi connectivity index (χ4n) is 3.50. The molecule has 0 spiro atoms. The third kappa shape index (κ3) is 2.63. The number of rotatable bonds is 4. The van der Waals surface area contributed by atoms with Crippen molar-refractivity contribution < 1.29 is 14.6 Å². The second-order valence-electron chi connectivity index (χ2n) is 6.24. The van der Waals surface area contributed by atoms with Crippen LogP contribution in [0.2, 0.25) is 0 Å². The molecule has 0 fully saturated rings. The number of hydrogen-bond donors (Lipinski definition) is 1. The minimum absolute atomic E-state index is 0.210. The lowest BCUT2D eigenvalue weighted by Gasteiger charge is -2.33. The molecule has 3 heterocycles. The first-order valence-electron chi connectivity index (χ1n) is 8.30. The maximum Gasteiger partial charge on any atom is 0.351 e. The molecule has 26 heavy (non-hydrogen) atoms. The molecule has 0 saturated carbocycles. The van der Waals surface area contributed by atoms with E-state index in [1.807, 2.05) is 17.0 Å². The Morgan fingerprint density at radius 1 is 1.19 bits per heavy atom. The first kappa shape index (κ1) is 16.6. The zero-order valence-electron chi connectivity index (χ0n) is 14.6. The van der Waals surface area contributed by atoms with Gasteiger partial charge in [-0.15, -0.1) is 5.10 Å². The van der Waals surface area contributed by atoms with Crippen LogP contribution in [0.25, 0.3) is 5.65 Å². The van der Waals surface area contributed by atoms with Crippen molar-refractivity contribution in [1.82, 2.24) is 19.1 Å². The standard InChI is InChI=1S/C18H20N4O4/c1-25-14-6-7-15(26-2)17-12(14)9-20(10-13(17)23)11-22-18(24)21-8-4-3-5-16(21)19-22/h3-8,13,23H,9-11H2,1-2H3/t13-/m0/s1. The van der Waals surface area contributed by atoms with E-state index < -0.39 is 6.10 Å². The molecule has 0 radical (unpaired) electrons. The van der Waals surface area contributed by atoms with Gasteiger partial charge in [0.15, 0.2) is 5.65 Å². The third-order valence-corrected chi connectivity index (χ3v) is 4.68. The van der Waals surface area contributed by atoms with E-state index in [4.69, 9.17) is 9.47 Å². The minimum Gasteiger partial charge on any atom is -0.496 e. The monoisotopic (exact) mass is 356 g/mol. The average Bonchev–Trinajstić information content (AvgIpc) is 2.96. The maximum absolute atomic E-state index is 12.5. The fraction of sp³-hybridized carbons (Fsp3) is 0.333. The molecular formula is C18H20N4O4. The van der Waals surface area contributed by atoms with Crippen molar-refractivity contribution in [3.05, 3.63) is 58.1 Å². The molecule has 1 aliphatic heterocycles. The average molecular weight is 356 g/mol. The van der Waals surface area contributed by atoms with Crippen LogP contribution in [-0.4, -0.2) is 45.0 Å². The van der Waals surface area contributed by atoms with Gasteiger partial charge in [0.25, 0.3) is 0 Å². The second-order valence-corrected chi connectivity index (χ2v) is 6.24. The lowest BCUT2D eigenvalue weighted by atomic mass is 9.95. The molecule has 0 amide bonds. The highest BCUT2D eigenvalue weighted by Crippen LogP contribution is 2.39. The molecule has 0 unspecified atom stereocenters. The molecule has 136 valence electrons. The third-order valence-electron chi connectivity index (χ3n) is 4.68. The van der Waals surface area contributed by atoms with Gasteiger partial charge in [0, 0.05) is 30.4 Å². The minimum atomic E-state index is -0.739. The van der Waals surface area contributed by atoms with Crippen molar-refractivity contribution in [2.75, 3.05) is 20.8 Å². The molecule has 0 bridgehead atoms. The van der Waals surface area contributed by atoms with Crippen LogP contribution in [0.1, 0.15) is 17.2 Å². The number of ether oxygens (including phenoxy) is 2. The van der Waals surface area contributed by atoms with E-state index in [1.165, 1.54) is 9.08 Å². The van der Waals surface area contributed by atoms with Gasteiger partial charge < -0.3 is 14.6 Å². The lowest BCUT2D eigenvalue weighted by molar-refractivity contribution is 0.0666. The van der Waals surface area contributed by atoms with Gasteiger partial charge in [-0.05, 0) is 24.3 Å². The summed E-state index contributed by atoms with van der Waals surface area (Å²) in [6.07, 6.45) is 0.951. The van der Waals surface area contributed by atoms with Crippen molar-refractivity contribution in [2.45, 2.75) is 19.3 Å². The Balaban J connectivity index is 1.68. The van der Waals surface area contributed by atoms with Gasteiger partial charge in [0.1, 0.15) is 11.5 Å². The molecule has 3 aromatic rings. The van der Waals surface area contributed by atoms with E-state index in [-0.39, 0.29) is 12.4 Å². The zero-order chi connectivity index (χ0) is 18.3. The summed E-state index contributed by atoms with van der Waals surface area (Å²) in [5.74, 6) is 1.32. The number of hydrogen-bond acceptors (Lipinski definition) is 6. The number of methoxy groups -OCH3 is 2. The number of nitrogens with zero attached hydrogens (tertiary/aromatic N) is 4.